The predicted octanol–water partition coefficient (Wildman–Crippen LogP) is 2.95. The van der Waals surface area contributed by atoms with Crippen LogP contribution in [0.4, 0.5) is 0 Å². The molecule has 1 aliphatic heterocycles. The first-order valence-corrected chi connectivity index (χ1v) is 7.23. The molecule has 2 rings (SSSR count). The molecule has 0 unspecified atom stereocenters. The average Bonchev–Trinajstić information content (AvgIpc) is 2.43. The number of carbonyl (C=O) groups is 1. The number of amides is 1. The smallest absolute Gasteiger partial charge is 0.225 e. The van der Waals surface area contributed by atoms with Crippen molar-refractivity contribution >= 4 is 29.1 Å². The maximum atomic E-state index is 12.3. The maximum Gasteiger partial charge on any atom is 0.225 e. The fraction of sp³-hybridized carbons (Fsp3) is 0.500. The van der Waals surface area contributed by atoms with Crippen molar-refractivity contribution in [1.29, 1.82) is 0 Å². The predicted molar refractivity (Wildman–Crippen MR) is 78.5 cm³/mol. The third-order valence-electron chi connectivity index (χ3n) is 3.47. The van der Waals surface area contributed by atoms with E-state index in [1.54, 1.807) is 11.0 Å². The largest absolute Gasteiger partial charge is 0.341 e. The van der Waals surface area contributed by atoms with Crippen molar-refractivity contribution in [2.45, 2.75) is 19.4 Å². The van der Waals surface area contributed by atoms with E-state index < -0.39 is 0 Å². The zero-order valence-electron chi connectivity index (χ0n) is 11.0. The fourth-order valence-electron chi connectivity index (χ4n) is 2.37. The molecule has 0 saturated carbocycles. The van der Waals surface area contributed by atoms with Gasteiger partial charge < -0.3 is 10.2 Å². The third-order valence-corrected chi connectivity index (χ3v) is 4.21. The van der Waals surface area contributed by atoms with Gasteiger partial charge in [0, 0.05) is 19.5 Å². The van der Waals surface area contributed by atoms with E-state index in [9.17, 15) is 4.79 Å². The van der Waals surface area contributed by atoms with Crippen molar-refractivity contribution in [2.24, 2.45) is 5.92 Å². The van der Waals surface area contributed by atoms with E-state index in [0.717, 1.165) is 31.5 Å². The maximum absolute atomic E-state index is 12.3. The fourth-order valence-corrected chi connectivity index (χ4v) is 2.69. The quantitative estimate of drug-likeness (QED) is 0.931. The molecule has 0 spiro atoms. The minimum Gasteiger partial charge on any atom is -0.341 e. The zero-order chi connectivity index (χ0) is 13.8. The number of rotatable bonds is 3. The number of halogens is 2. The Morgan fingerprint density at radius 3 is 2.63 bits per heavy atom. The van der Waals surface area contributed by atoms with Gasteiger partial charge in [-0.3, -0.25) is 4.79 Å². The van der Waals surface area contributed by atoms with E-state index in [-0.39, 0.29) is 11.8 Å². The highest BCUT2D eigenvalue weighted by atomic mass is 35.5. The molecule has 1 aliphatic rings. The number of nitrogens with one attached hydrogen (secondary N) is 1. The summed E-state index contributed by atoms with van der Waals surface area (Å²) in [5.74, 6) is 0.363. The number of hydrogen-bond donors (Lipinski definition) is 1. The molecule has 0 radical (unpaired) electrons. The van der Waals surface area contributed by atoms with Gasteiger partial charge >= 0.3 is 0 Å². The van der Waals surface area contributed by atoms with E-state index in [2.05, 4.69) is 5.32 Å². The Morgan fingerprint density at radius 2 is 2.00 bits per heavy atom. The lowest BCUT2D eigenvalue weighted by Crippen LogP contribution is -2.38. The highest BCUT2D eigenvalue weighted by Crippen LogP contribution is 2.23. The molecule has 5 heteroatoms. The number of benzene rings is 1. The summed E-state index contributed by atoms with van der Waals surface area (Å²) in [5, 5.41) is 4.34. The molecule has 1 N–H and O–H groups in total. The number of nitrogens with zero attached hydrogens (tertiary/aromatic N) is 1. The molecule has 0 atom stereocenters. The van der Waals surface area contributed by atoms with E-state index in [1.165, 1.54) is 0 Å². The lowest BCUT2D eigenvalue weighted by Gasteiger charge is -2.27. The Morgan fingerprint density at radius 1 is 1.32 bits per heavy atom. The van der Waals surface area contributed by atoms with Crippen LogP contribution in [0.5, 0.6) is 0 Å². The van der Waals surface area contributed by atoms with Crippen LogP contribution in [0.2, 0.25) is 10.0 Å². The topological polar surface area (TPSA) is 32.3 Å². The Bertz CT molecular complexity index is 459. The molecule has 1 fully saturated rings. The summed E-state index contributed by atoms with van der Waals surface area (Å²) < 4.78 is 0. The SMILES string of the molecule is CN(Cc1ccc(Cl)c(Cl)c1)C(=O)C1CCNCC1. The van der Waals surface area contributed by atoms with Crippen molar-refractivity contribution in [3.63, 3.8) is 0 Å². The van der Waals surface area contributed by atoms with Crippen LogP contribution in [-0.2, 0) is 11.3 Å². The van der Waals surface area contributed by atoms with E-state index >= 15 is 0 Å². The Balaban J connectivity index is 1.97. The molecule has 1 aromatic carbocycles. The first-order valence-electron chi connectivity index (χ1n) is 6.47. The Kier molecular flexibility index (Phi) is 5.08. The van der Waals surface area contributed by atoms with Gasteiger partial charge in [-0.05, 0) is 43.6 Å². The summed E-state index contributed by atoms with van der Waals surface area (Å²) in [6.45, 7) is 2.42. The summed E-state index contributed by atoms with van der Waals surface area (Å²) in [4.78, 5) is 14.1. The summed E-state index contributed by atoms with van der Waals surface area (Å²) >= 11 is 11.9. The minimum absolute atomic E-state index is 0.147. The number of hydrogen-bond acceptors (Lipinski definition) is 2. The van der Waals surface area contributed by atoms with Crippen LogP contribution < -0.4 is 5.32 Å². The first-order chi connectivity index (χ1) is 9.08. The second-order valence-corrected chi connectivity index (χ2v) is 5.78. The van der Waals surface area contributed by atoms with Crippen LogP contribution in [0, 0.1) is 5.92 Å². The van der Waals surface area contributed by atoms with Crippen molar-refractivity contribution in [2.75, 3.05) is 20.1 Å². The number of piperidine rings is 1. The third kappa shape index (κ3) is 3.85. The van der Waals surface area contributed by atoms with E-state index in [1.807, 2.05) is 19.2 Å². The molecular weight excluding hydrogens is 283 g/mol. The van der Waals surface area contributed by atoms with Crippen LogP contribution >= 0.6 is 23.2 Å². The number of carbonyl (C=O) groups excluding carboxylic acids is 1. The molecule has 1 saturated heterocycles. The summed E-state index contributed by atoms with van der Waals surface area (Å²) in [6.07, 6.45) is 1.84. The molecule has 104 valence electrons. The average molecular weight is 301 g/mol. The van der Waals surface area contributed by atoms with Gasteiger partial charge in [-0.25, -0.2) is 0 Å². The van der Waals surface area contributed by atoms with E-state index in [0.29, 0.717) is 16.6 Å². The standard InChI is InChI=1S/C14H18Cl2N2O/c1-18(14(19)11-4-6-17-7-5-11)9-10-2-3-12(15)13(16)8-10/h2-3,8,11,17H,4-7,9H2,1H3. The second-order valence-electron chi connectivity index (χ2n) is 4.97. The molecule has 1 aromatic rings. The van der Waals surface area contributed by atoms with Crippen molar-refractivity contribution in [3.05, 3.63) is 33.8 Å². The monoisotopic (exact) mass is 300 g/mol. The first kappa shape index (κ1) is 14.6. The molecule has 0 aromatic heterocycles. The minimum atomic E-state index is 0.147. The van der Waals surface area contributed by atoms with Gasteiger partial charge in [0.25, 0.3) is 0 Å². The molecule has 0 aliphatic carbocycles. The second kappa shape index (κ2) is 6.60. The van der Waals surface area contributed by atoms with E-state index in [4.69, 9.17) is 23.2 Å². The van der Waals surface area contributed by atoms with Crippen molar-refractivity contribution in [3.8, 4) is 0 Å². The van der Waals surface area contributed by atoms with Gasteiger partial charge in [0.2, 0.25) is 5.91 Å². The molecular formula is C14H18Cl2N2O. The van der Waals surface area contributed by atoms with Crippen LogP contribution in [0.3, 0.4) is 0 Å². The normalized spacial score (nSPS) is 16.4. The Labute approximate surface area is 123 Å². The lowest BCUT2D eigenvalue weighted by molar-refractivity contribution is -0.135. The van der Waals surface area contributed by atoms with Gasteiger partial charge in [0.15, 0.2) is 0 Å². The van der Waals surface area contributed by atoms with Crippen LogP contribution in [0.1, 0.15) is 18.4 Å². The van der Waals surface area contributed by atoms with Crippen LogP contribution in [0.25, 0.3) is 0 Å². The summed E-state index contributed by atoms with van der Waals surface area (Å²) in [6, 6.07) is 5.48. The lowest BCUT2D eigenvalue weighted by atomic mass is 9.96. The highest BCUT2D eigenvalue weighted by Gasteiger charge is 2.23. The van der Waals surface area contributed by atoms with Crippen molar-refractivity contribution < 1.29 is 4.79 Å². The summed E-state index contributed by atoms with van der Waals surface area (Å²) in [5.41, 5.74) is 0.999. The van der Waals surface area contributed by atoms with Gasteiger partial charge in [0.1, 0.15) is 0 Å². The zero-order valence-corrected chi connectivity index (χ0v) is 12.5. The molecule has 1 heterocycles. The molecule has 19 heavy (non-hydrogen) atoms. The molecule has 3 nitrogen and oxygen atoms in total. The van der Waals surface area contributed by atoms with Crippen molar-refractivity contribution in [1.82, 2.24) is 10.2 Å². The van der Waals surface area contributed by atoms with Gasteiger partial charge in [-0.15, -0.1) is 0 Å². The highest BCUT2D eigenvalue weighted by molar-refractivity contribution is 6.42. The summed E-state index contributed by atoms with van der Waals surface area (Å²) in [7, 11) is 1.84. The van der Waals surface area contributed by atoms with Gasteiger partial charge in [-0.2, -0.15) is 0 Å². The molecule has 1 amide bonds. The van der Waals surface area contributed by atoms with Gasteiger partial charge in [0.05, 0.1) is 10.0 Å². The Hall–Kier alpha value is -0.770. The van der Waals surface area contributed by atoms with Gasteiger partial charge in [-0.1, -0.05) is 29.3 Å². The molecule has 0 bridgehead atoms. The van der Waals surface area contributed by atoms with Crippen LogP contribution in [0.15, 0.2) is 18.2 Å². The van der Waals surface area contributed by atoms with Crippen LogP contribution in [-0.4, -0.2) is 30.9 Å².